The first-order valence-electron chi connectivity index (χ1n) is 10.4. The van der Waals surface area contributed by atoms with Crippen molar-refractivity contribution in [2.75, 3.05) is 20.8 Å². The summed E-state index contributed by atoms with van der Waals surface area (Å²) in [6.07, 6.45) is 4.47. The van der Waals surface area contributed by atoms with E-state index in [-0.39, 0.29) is 17.9 Å². The van der Waals surface area contributed by atoms with Crippen LogP contribution in [0.25, 0.3) is 0 Å². The van der Waals surface area contributed by atoms with Crippen LogP contribution < -0.4 is 9.47 Å². The van der Waals surface area contributed by atoms with Gasteiger partial charge >= 0.3 is 0 Å². The van der Waals surface area contributed by atoms with E-state index in [2.05, 4.69) is 0 Å². The van der Waals surface area contributed by atoms with Crippen molar-refractivity contribution in [1.82, 2.24) is 4.90 Å². The van der Waals surface area contributed by atoms with Gasteiger partial charge in [-0.25, -0.2) is 0 Å². The molecule has 5 nitrogen and oxygen atoms in total. The van der Waals surface area contributed by atoms with Crippen molar-refractivity contribution in [3.05, 3.63) is 59.7 Å². The summed E-state index contributed by atoms with van der Waals surface area (Å²) < 4.78 is 10.8. The number of hydrogen-bond donors (Lipinski definition) is 1. The lowest BCUT2D eigenvalue weighted by molar-refractivity contribution is -0.115. The first kappa shape index (κ1) is 19.8. The number of carbonyl (C=O) groups is 1. The third kappa shape index (κ3) is 3.60. The van der Waals surface area contributed by atoms with E-state index in [4.69, 9.17) is 9.47 Å². The molecule has 3 atom stereocenters. The highest BCUT2D eigenvalue weighted by Crippen LogP contribution is 2.50. The number of likely N-dealkylation sites (tertiary alicyclic amines) is 1. The maximum Gasteiger partial charge on any atom is 0.258 e. The van der Waals surface area contributed by atoms with Gasteiger partial charge in [0.2, 0.25) is 0 Å². The van der Waals surface area contributed by atoms with Gasteiger partial charge in [0.1, 0.15) is 11.5 Å². The van der Waals surface area contributed by atoms with E-state index in [1.165, 1.54) is 0 Å². The second-order valence-electron chi connectivity index (χ2n) is 8.12. The molecule has 1 N–H and O–H groups in total. The van der Waals surface area contributed by atoms with Gasteiger partial charge in [-0.1, -0.05) is 37.1 Å². The van der Waals surface area contributed by atoms with Crippen molar-refractivity contribution in [1.29, 1.82) is 0 Å². The van der Waals surface area contributed by atoms with E-state index in [9.17, 15) is 9.90 Å². The van der Waals surface area contributed by atoms with Gasteiger partial charge in [-0.3, -0.25) is 4.79 Å². The molecule has 0 bridgehead atoms. The van der Waals surface area contributed by atoms with Crippen LogP contribution in [0, 0.1) is 5.92 Å². The van der Waals surface area contributed by atoms with E-state index in [0.717, 1.165) is 37.0 Å². The lowest BCUT2D eigenvalue weighted by Crippen LogP contribution is -2.56. The SMILES string of the molecule is COc1ccc(C2C3CCCCC3(O)CCN2C(=O)c2ccccc2OC)cc1. The van der Waals surface area contributed by atoms with Crippen molar-refractivity contribution in [2.24, 2.45) is 5.92 Å². The van der Waals surface area contributed by atoms with Gasteiger partial charge in [0, 0.05) is 12.5 Å². The molecule has 4 rings (SSSR count). The molecule has 1 saturated heterocycles. The molecule has 1 aliphatic heterocycles. The van der Waals surface area contributed by atoms with Crippen molar-refractivity contribution in [2.45, 2.75) is 43.7 Å². The molecule has 1 saturated carbocycles. The summed E-state index contributed by atoms with van der Waals surface area (Å²) in [6.45, 7) is 0.528. The number of rotatable bonds is 4. The molecule has 1 heterocycles. The molecule has 0 spiro atoms. The Bertz CT molecular complexity index is 865. The monoisotopic (exact) mass is 395 g/mol. The Hall–Kier alpha value is -2.53. The van der Waals surface area contributed by atoms with Crippen LogP contribution >= 0.6 is 0 Å². The molecule has 1 amide bonds. The quantitative estimate of drug-likeness (QED) is 0.842. The van der Waals surface area contributed by atoms with Crippen LogP contribution in [0.5, 0.6) is 11.5 Å². The molecule has 154 valence electrons. The van der Waals surface area contributed by atoms with Crippen LogP contribution in [-0.2, 0) is 0 Å². The molecule has 2 aromatic rings. The number of methoxy groups -OCH3 is 2. The van der Waals surface area contributed by atoms with Crippen molar-refractivity contribution in [3.8, 4) is 11.5 Å². The number of para-hydroxylation sites is 1. The number of benzene rings is 2. The number of piperidine rings is 1. The van der Waals surface area contributed by atoms with Crippen molar-refractivity contribution in [3.63, 3.8) is 0 Å². The van der Waals surface area contributed by atoms with Gasteiger partial charge in [0.15, 0.2) is 0 Å². The highest BCUT2D eigenvalue weighted by molar-refractivity contribution is 5.97. The summed E-state index contributed by atoms with van der Waals surface area (Å²) in [5.74, 6) is 1.34. The summed E-state index contributed by atoms with van der Waals surface area (Å²) in [4.78, 5) is 15.5. The Balaban J connectivity index is 1.75. The van der Waals surface area contributed by atoms with E-state index in [1.807, 2.05) is 53.4 Å². The average Bonchev–Trinajstić information content (AvgIpc) is 2.77. The van der Waals surface area contributed by atoms with E-state index in [0.29, 0.717) is 24.3 Å². The minimum absolute atomic E-state index is 0.0250. The van der Waals surface area contributed by atoms with Gasteiger partial charge < -0.3 is 19.5 Å². The van der Waals surface area contributed by atoms with Crippen molar-refractivity contribution < 1.29 is 19.4 Å². The number of carbonyl (C=O) groups excluding carboxylic acids is 1. The average molecular weight is 395 g/mol. The molecule has 1 aliphatic carbocycles. The van der Waals surface area contributed by atoms with Gasteiger partial charge in [0.25, 0.3) is 5.91 Å². The zero-order valence-electron chi connectivity index (χ0n) is 17.1. The fraction of sp³-hybridized carbons (Fsp3) is 0.458. The molecule has 2 aliphatic rings. The fourth-order valence-corrected chi connectivity index (χ4v) is 5.10. The topological polar surface area (TPSA) is 59.0 Å². The summed E-state index contributed by atoms with van der Waals surface area (Å²) in [5.41, 5.74) is 0.897. The number of amides is 1. The second-order valence-corrected chi connectivity index (χ2v) is 8.12. The van der Waals surface area contributed by atoms with Crippen LogP contribution in [0.4, 0.5) is 0 Å². The van der Waals surface area contributed by atoms with E-state index in [1.54, 1.807) is 14.2 Å². The van der Waals surface area contributed by atoms with Crippen LogP contribution in [-0.4, -0.2) is 42.3 Å². The zero-order chi connectivity index (χ0) is 20.4. The number of aliphatic hydroxyl groups is 1. The summed E-state index contributed by atoms with van der Waals surface area (Å²) >= 11 is 0. The highest BCUT2D eigenvalue weighted by Gasteiger charge is 2.50. The maximum absolute atomic E-state index is 13.6. The first-order valence-corrected chi connectivity index (χ1v) is 10.4. The molecule has 2 aromatic carbocycles. The third-order valence-electron chi connectivity index (χ3n) is 6.62. The number of ether oxygens (including phenoxy) is 2. The number of fused-ring (bicyclic) bond motifs is 1. The summed E-state index contributed by atoms with van der Waals surface area (Å²) in [6, 6.07) is 15.1. The number of nitrogens with zero attached hydrogens (tertiary/aromatic N) is 1. The largest absolute Gasteiger partial charge is 0.497 e. The molecule has 29 heavy (non-hydrogen) atoms. The van der Waals surface area contributed by atoms with Gasteiger partial charge in [-0.05, 0) is 49.1 Å². The Morgan fingerprint density at radius 3 is 2.52 bits per heavy atom. The lowest BCUT2D eigenvalue weighted by atomic mass is 9.66. The fourth-order valence-electron chi connectivity index (χ4n) is 5.10. The van der Waals surface area contributed by atoms with Gasteiger partial charge in [-0.15, -0.1) is 0 Å². The third-order valence-corrected chi connectivity index (χ3v) is 6.62. The van der Waals surface area contributed by atoms with E-state index >= 15 is 0 Å². The second kappa shape index (κ2) is 8.07. The smallest absolute Gasteiger partial charge is 0.258 e. The molecule has 2 fully saturated rings. The maximum atomic E-state index is 13.6. The Morgan fingerprint density at radius 2 is 1.79 bits per heavy atom. The standard InChI is InChI=1S/C24H29NO4/c1-28-18-12-10-17(11-13-18)22-20-8-5-6-14-24(20,27)15-16-25(22)23(26)19-7-3-4-9-21(19)29-2/h3-4,7,9-13,20,22,27H,5-6,8,14-16H2,1-2H3. The summed E-state index contributed by atoms with van der Waals surface area (Å²) in [7, 11) is 3.23. The highest BCUT2D eigenvalue weighted by atomic mass is 16.5. The molecule has 0 aromatic heterocycles. The minimum atomic E-state index is -0.708. The molecule has 5 heteroatoms. The Morgan fingerprint density at radius 1 is 1.03 bits per heavy atom. The van der Waals surface area contributed by atoms with E-state index < -0.39 is 5.60 Å². The Kier molecular flexibility index (Phi) is 5.50. The normalized spacial score (nSPS) is 26.5. The zero-order valence-corrected chi connectivity index (χ0v) is 17.1. The Labute approximate surface area is 172 Å². The molecule has 3 unspecified atom stereocenters. The van der Waals surface area contributed by atoms with Crippen LogP contribution in [0.2, 0.25) is 0 Å². The first-order chi connectivity index (χ1) is 14.1. The molecular weight excluding hydrogens is 366 g/mol. The molecule has 0 radical (unpaired) electrons. The molecular formula is C24H29NO4. The summed E-state index contributed by atoms with van der Waals surface area (Å²) in [5, 5.41) is 11.4. The van der Waals surface area contributed by atoms with Crippen LogP contribution in [0.15, 0.2) is 48.5 Å². The van der Waals surface area contributed by atoms with Crippen LogP contribution in [0.3, 0.4) is 0 Å². The van der Waals surface area contributed by atoms with Gasteiger partial charge in [-0.2, -0.15) is 0 Å². The number of hydrogen-bond acceptors (Lipinski definition) is 4. The predicted octanol–water partition coefficient (Wildman–Crippen LogP) is 4.21. The van der Waals surface area contributed by atoms with Crippen molar-refractivity contribution >= 4 is 5.91 Å². The lowest BCUT2D eigenvalue weighted by Gasteiger charge is -2.52. The minimum Gasteiger partial charge on any atom is -0.497 e. The van der Waals surface area contributed by atoms with Gasteiger partial charge in [0.05, 0.1) is 31.4 Å². The predicted molar refractivity (Wildman–Crippen MR) is 111 cm³/mol. The van der Waals surface area contributed by atoms with Crippen LogP contribution in [0.1, 0.15) is 54.1 Å².